The zero-order chi connectivity index (χ0) is 36.7. The third kappa shape index (κ3) is 8.58. The van der Waals surface area contributed by atoms with Crippen LogP contribution < -0.4 is 30.3 Å². The first-order chi connectivity index (χ1) is 24.5. The predicted octanol–water partition coefficient (Wildman–Crippen LogP) is 3.66. The van der Waals surface area contributed by atoms with Gasteiger partial charge in [0.05, 0.1) is 33.1 Å². The maximum atomic E-state index is 14.1. The molecule has 280 valence electrons. The number of rotatable bonds is 12. The van der Waals surface area contributed by atoms with Crippen molar-refractivity contribution in [1.82, 2.24) is 18.8 Å². The van der Waals surface area contributed by atoms with Gasteiger partial charge in [0, 0.05) is 51.8 Å². The van der Waals surface area contributed by atoms with Gasteiger partial charge in [-0.05, 0) is 85.4 Å². The van der Waals surface area contributed by atoms with E-state index in [4.69, 9.17) is 14.2 Å². The van der Waals surface area contributed by atoms with Gasteiger partial charge in [-0.2, -0.15) is 28.8 Å². The van der Waals surface area contributed by atoms with Crippen LogP contribution in [0.2, 0.25) is 0 Å². The highest BCUT2D eigenvalue weighted by molar-refractivity contribution is 7.98. The van der Waals surface area contributed by atoms with Crippen LogP contribution in [0.4, 0.5) is 5.69 Å². The fourth-order valence-electron chi connectivity index (χ4n) is 7.33. The van der Waals surface area contributed by atoms with Crippen molar-refractivity contribution in [3.05, 3.63) is 45.6 Å². The smallest absolute Gasteiger partial charge is 0.282 e. The fourth-order valence-corrected chi connectivity index (χ4v) is 9.52. The Morgan fingerprint density at radius 3 is 2.29 bits per heavy atom. The molecular weight excluding hydrogens is 695 g/mol. The molecule has 51 heavy (non-hydrogen) atoms. The highest BCUT2D eigenvalue weighted by Crippen LogP contribution is 2.50. The van der Waals surface area contributed by atoms with Gasteiger partial charge in [-0.15, -0.1) is 0 Å². The van der Waals surface area contributed by atoms with Gasteiger partial charge in [-0.25, -0.2) is 0 Å². The second-order valence-electron chi connectivity index (χ2n) is 13.1. The van der Waals surface area contributed by atoms with Gasteiger partial charge in [-0.3, -0.25) is 14.4 Å². The fraction of sp³-hybridized carbons (Fsp3) is 0.583. The number of anilines is 1. The van der Waals surface area contributed by atoms with Crippen LogP contribution in [0.15, 0.2) is 29.1 Å². The van der Waals surface area contributed by atoms with Gasteiger partial charge < -0.3 is 29.7 Å². The monoisotopic (exact) mass is 745 g/mol. The zero-order valence-electron chi connectivity index (χ0n) is 30.3. The van der Waals surface area contributed by atoms with Crippen molar-refractivity contribution < 1.29 is 32.2 Å². The molecule has 2 aromatic carbocycles. The summed E-state index contributed by atoms with van der Waals surface area (Å²) in [4.78, 5) is 42.3. The van der Waals surface area contributed by atoms with Crippen LogP contribution in [0.5, 0.6) is 17.2 Å². The van der Waals surface area contributed by atoms with Crippen molar-refractivity contribution in [2.24, 2.45) is 0 Å². The largest absolute Gasteiger partial charge is 0.493 e. The van der Waals surface area contributed by atoms with Gasteiger partial charge in [0.1, 0.15) is 6.04 Å². The number of nitrogens with one attached hydrogen (secondary N) is 2. The topological polar surface area (TPSA) is 147 Å². The molecule has 2 N–H and O–H groups in total. The number of benzene rings is 1. The van der Waals surface area contributed by atoms with E-state index in [1.807, 2.05) is 18.4 Å². The standard InChI is InChI=1S/C36H51N5O8S2/c1-24(42)37-28-12-10-25-22-32(47-2)34(48-3)35(49-4)33(25)26-11-13-29(31(43)23-27(26)28)38-30(14-21-50-5)36(44)39-15-9-18-41(20-19-39)51(45,46)40-16-7-6-8-17-40/h11,13,22-23,28,30H,6-10,12,14-21H2,1-5H3,(H,37,42)(H,38,43)/t28-,30-/m1/s1. The van der Waals surface area contributed by atoms with E-state index in [0.717, 1.165) is 30.4 Å². The lowest BCUT2D eigenvalue weighted by molar-refractivity contribution is -0.132. The SMILES string of the molecule is COc1cc2c(c(OC)c1OC)-c1ccc(N[C@H](CCSC)C(=O)N3CCCN(S(=O)(=O)N4CCCCC4)CC3)c(=O)cc1[C@H](NC(C)=O)CC2. The molecule has 2 fully saturated rings. The Labute approximate surface area is 305 Å². The van der Waals surface area contributed by atoms with E-state index in [0.29, 0.717) is 86.0 Å². The van der Waals surface area contributed by atoms with Gasteiger partial charge in [0.2, 0.25) is 23.0 Å². The second kappa shape index (κ2) is 17.3. The van der Waals surface area contributed by atoms with Crippen LogP contribution in [0, 0.1) is 0 Å². The van der Waals surface area contributed by atoms with Crippen molar-refractivity contribution >= 4 is 39.5 Å². The first kappa shape index (κ1) is 38.7. The van der Waals surface area contributed by atoms with Crippen LogP contribution in [-0.2, 0) is 26.2 Å². The number of fused-ring (bicyclic) bond motifs is 3. The summed E-state index contributed by atoms with van der Waals surface area (Å²) in [5.74, 6) is 1.66. The second-order valence-corrected chi connectivity index (χ2v) is 16.0. The van der Waals surface area contributed by atoms with Crippen LogP contribution in [0.25, 0.3) is 11.1 Å². The Morgan fingerprint density at radius 1 is 0.922 bits per heavy atom. The number of hydrogen-bond donors (Lipinski definition) is 2. The number of hydrogen-bond acceptors (Lipinski definition) is 10. The number of carbonyl (C=O) groups is 2. The van der Waals surface area contributed by atoms with E-state index >= 15 is 0 Å². The molecule has 1 aliphatic carbocycles. The van der Waals surface area contributed by atoms with Gasteiger partial charge in [0.15, 0.2) is 11.5 Å². The van der Waals surface area contributed by atoms with Crippen molar-refractivity contribution in [2.45, 2.75) is 64.0 Å². The molecule has 2 amide bonds. The molecule has 2 aromatic rings. The van der Waals surface area contributed by atoms with Crippen LogP contribution in [0.1, 0.15) is 62.6 Å². The van der Waals surface area contributed by atoms with Crippen molar-refractivity contribution in [3.63, 3.8) is 0 Å². The van der Waals surface area contributed by atoms with Crippen LogP contribution >= 0.6 is 11.8 Å². The zero-order valence-corrected chi connectivity index (χ0v) is 31.9. The summed E-state index contributed by atoms with van der Waals surface area (Å²) >= 11 is 1.60. The van der Waals surface area contributed by atoms with E-state index in [2.05, 4.69) is 10.6 Å². The highest BCUT2D eigenvalue weighted by atomic mass is 32.2. The molecule has 2 saturated heterocycles. The minimum atomic E-state index is -3.59. The molecule has 2 heterocycles. The van der Waals surface area contributed by atoms with Gasteiger partial charge in [-0.1, -0.05) is 12.5 Å². The quantitative estimate of drug-likeness (QED) is 0.330. The average Bonchev–Trinajstić information content (AvgIpc) is 3.53. The summed E-state index contributed by atoms with van der Waals surface area (Å²) in [6, 6.07) is 5.78. The number of nitrogens with zero attached hydrogens (tertiary/aromatic N) is 3. The van der Waals surface area contributed by atoms with E-state index in [1.54, 1.807) is 41.3 Å². The maximum absolute atomic E-state index is 14.1. The molecule has 0 saturated carbocycles. The molecule has 5 rings (SSSR count). The van der Waals surface area contributed by atoms with E-state index in [-0.39, 0.29) is 36.0 Å². The molecule has 3 aliphatic rings. The predicted molar refractivity (Wildman–Crippen MR) is 200 cm³/mol. The number of thioether (sulfide) groups is 1. The molecule has 0 unspecified atom stereocenters. The summed E-state index contributed by atoms with van der Waals surface area (Å²) in [5, 5.41) is 6.30. The normalized spacial score (nSPS) is 19.1. The molecular formula is C36H51N5O8S2. The van der Waals surface area contributed by atoms with E-state index < -0.39 is 22.3 Å². The first-order valence-corrected chi connectivity index (χ1v) is 20.4. The summed E-state index contributed by atoms with van der Waals surface area (Å²) in [6.07, 6.45) is 6.81. The summed E-state index contributed by atoms with van der Waals surface area (Å²) in [6.45, 7) is 3.78. The minimum Gasteiger partial charge on any atom is -0.493 e. The third-order valence-electron chi connectivity index (χ3n) is 9.89. The Bertz CT molecular complexity index is 1750. The Balaban J connectivity index is 1.48. The first-order valence-electron chi connectivity index (χ1n) is 17.6. The lowest BCUT2D eigenvalue weighted by Gasteiger charge is -2.31. The van der Waals surface area contributed by atoms with Crippen molar-refractivity contribution in [2.75, 3.05) is 77.9 Å². The summed E-state index contributed by atoms with van der Waals surface area (Å²) in [5.41, 5.74) is 2.89. The van der Waals surface area contributed by atoms with Gasteiger partial charge in [0.25, 0.3) is 10.2 Å². The number of ether oxygens (including phenoxy) is 3. The molecule has 0 bridgehead atoms. The number of methoxy groups -OCH3 is 3. The summed E-state index contributed by atoms with van der Waals surface area (Å²) < 4.78 is 47.1. The number of aryl methyl sites for hydroxylation is 1. The summed E-state index contributed by atoms with van der Waals surface area (Å²) in [7, 11) is 1.05. The Morgan fingerprint density at radius 2 is 1.63 bits per heavy atom. The number of piperidine rings is 1. The van der Waals surface area contributed by atoms with Crippen molar-refractivity contribution in [1.29, 1.82) is 0 Å². The molecule has 0 spiro atoms. The van der Waals surface area contributed by atoms with Gasteiger partial charge >= 0.3 is 0 Å². The van der Waals surface area contributed by atoms with Crippen LogP contribution in [0.3, 0.4) is 0 Å². The Kier molecular flexibility index (Phi) is 13.1. The molecule has 2 atom stereocenters. The van der Waals surface area contributed by atoms with E-state index in [1.165, 1.54) is 24.4 Å². The maximum Gasteiger partial charge on any atom is 0.282 e. The minimum absolute atomic E-state index is 0.172. The number of carbonyl (C=O) groups excluding carboxylic acids is 2. The van der Waals surface area contributed by atoms with E-state index in [9.17, 15) is 22.8 Å². The lowest BCUT2D eigenvalue weighted by Crippen LogP contribution is -2.48. The average molecular weight is 746 g/mol. The highest BCUT2D eigenvalue weighted by Gasteiger charge is 2.34. The molecule has 13 nitrogen and oxygen atoms in total. The molecule has 0 radical (unpaired) electrons. The number of amides is 2. The molecule has 2 aliphatic heterocycles. The van der Waals surface area contributed by atoms with Crippen molar-refractivity contribution in [3.8, 4) is 28.4 Å². The third-order valence-corrected chi connectivity index (χ3v) is 12.6. The lowest BCUT2D eigenvalue weighted by atomic mass is 9.95. The Hall–Kier alpha value is -3.53. The molecule has 0 aromatic heterocycles. The molecule has 15 heteroatoms. The van der Waals surface area contributed by atoms with Crippen LogP contribution in [-0.4, -0.2) is 112 Å².